The molecular weight excluding hydrogens is 288 g/mol. The zero-order valence-electron chi connectivity index (χ0n) is 13.0. The molecule has 5 nitrogen and oxygen atoms in total. The fourth-order valence-corrected chi connectivity index (χ4v) is 3.11. The molecule has 0 fully saturated rings. The third kappa shape index (κ3) is 2.39. The molecular formula is C18H18N4O. The van der Waals surface area contributed by atoms with Crippen LogP contribution in [0.4, 0.5) is 0 Å². The first kappa shape index (κ1) is 14.0. The molecule has 0 saturated heterocycles. The zero-order valence-corrected chi connectivity index (χ0v) is 13.0. The topological polar surface area (TPSA) is 51.9 Å². The average Bonchev–Trinajstić information content (AvgIpc) is 3.02. The number of nitrogens with one attached hydrogen (secondary N) is 1. The van der Waals surface area contributed by atoms with Crippen LogP contribution in [0.5, 0.6) is 0 Å². The van der Waals surface area contributed by atoms with Crippen LogP contribution < -0.4 is 10.9 Å². The minimum Gasteiger partial charge on any atom is -0.318 e. The normalized spacial score (nSPS) is 13.8. The average molecular weight is 306 g/mol. The van der Waals surface area contributed by atoms with E-state index in [0.29, 0.717) is 0 Å². The minimum absolute atomic E-state index is 0.00763. The van der Waals surface area contributed by atoms with Crippen molar-refractivity contribution in [2.24, 2.45) is 7.05 Å². The van der Waals surface area contributed by atoms with Crippen LogP contribution >= 0.6 is 0 Å². The number of pyridine rings is 1. The Kier molecular flexibility index (Phi) is 3.35. The lowest BCUT2D eigenvalue weighted by atomic mass is 9.96. The van der Waals surface area contributed by atoms with Gasteiger partial charge in [0.05, 0.1) is 18.4 Å². The molecule has 116 valence electrons. The Balaban J connectivity index is 1.96. The van der Waals surface area contributed by atoms with Gasteiger partial charge in [0.25, 0.3) is 5.56 Å². The Bertz CT molecular complexity index is 909. The number of fused-ring (bicyclic) bond motifs is 1. The summed E-state index contributed by atoms with van der Waals surface area (Å²) < 4.78 is 3.67. The van der Waals surface area contributed by atoms with Crippen LogP contribution in [0.15, 0.2) is 53.6 Å². The summed E-state index contributed by atoms with van der Waals surface area (Å²) >= 11 is 0. The van der Waals surface area contributed by atoms with Gasteiger partial charge in [0.15, 0.2) is 0 Å². The van der Waals surface area contributed by atoms with E-state index in [1.54, 1.807) is 17.7 Å². The largest absolute Gasteiger partial charge is 0.318 e. The first-order valence-corrected chi connectivity index (χ1v) is 7.76. The number of rotatable bonds is 2. The van der Waals surface area contributed by atoms with Gasteiger partial charge in [0.2, 0.25) is 0 Å². The van der Waals surface area contributed by atoms with Gasteiger partial charge in [-0.15, -0.1) is 0 Å². The van der Waals surface area contributed by atoms with E-state index in [1.807, 2.05) is 47.4 Å². The first-order valence-electron chi connectivity index (χ1n) is 7.76. The van der Waals surface area contributed by atoms with Gasteiger partial charge in [-0.25, -0.2) is 0 Å². The van der Waals surface area contributed by atoms with E-state index in [0.717, 1.165) is 41.9 Å². The summed E-state index contributed by atoms with van der Waals surface area (Å²) in [5.41, 5.74) is 5.30. The van der Waals surface area contributed by atoms with E-state index in [9.17, 15) is 4.79 Å². The molecule has 1 aliphatic heterocycles. The third-order valence-corrected chi connectivity index (χ3v) is 4.34. The Hall–Kier alpha value is -2.66. The Morgan fingerprint density at radius 3 is 2.78 bits per heavy atom. The first-order chi connectivity index (χ1) is 11.2. The maximum Gasteiger partial charge on any atom is 0.250 e. The molecule has 0 aliphatic carbocycles. The number of aromatic nitrogens is 3. The summed E-state index contributed by atoms with van der Waals surface area (Å²) in [5.74, 6) is 0. The van der Waals surface area contributed by atoms with Crippen LogP contribution in [0.25, 0.3) is 22.3 Å². The number of hydrogen-bond donors (Lipinski definition) is 1. The van der Waals surface area contributed by atoms with Crippen molar-refractivity contribution in [1.82, 2.24) is 19.7 Å². The Labute approximate surface area is 134 Å². The lowest BCUT2D eigenvalue weighted by Gasteiger charge is -2.18. The summed E-state index contributed by atoms with van der Waals surface area (Å²) in [6, 6.07) is 11.7. The van der Waals surface area contributed by atoms with E-state index in [4.69, 9.17) is 0 Å². The predicted octanol–water partition coefficient (Wildman–Crippen LogP) is 2.02. The van der Waals surface area contributed by atoms with Gasteiger partial charge in [0, 0.05) is 43.5 Å². The van der Waals surface area contributed by atoms with E-state index in [1.165, 1.54) is 5.69 Å². The molecule has 3 aromatic rings. The van der Waals surface area contributed by atoms with Gasteiger partial charge in [0.1, 0.15) is 0 Å². The van der Waals surface area contributed by atoms with Gasteiger partial charge in [-0.2, -0.15) is 5.10 Å². The van der Waals surface area contributed by atoms with E-state index < -0.39 is 0 Å². The van der Waals surface area contributed by atoms with E-state index in [2.05, 4.69) is 10.4 Å². The smallest absolute Gasteiger partial charge is 0.250 e. The van der Waals surface area contributed by atoms with Crippen molar-refractivity contribution in [3.63, 3.8) is 0 Å². The van der Waals surface area contributed by atoms with Gasteiger partial charge >= 0.3 is 0 Å². The van der Waals surface area contributed by atoms with Gasteiger partial charge < -0.3 is 9.88 Å². The highest BCUT2D eigenvalue weighted by Gasteiger charge is 2.19. The summed E-state index contributed by atoms with van der Waals surface area (Å²) in [7, 11) is 1.79. The predicted molar refractivity (Wildman–Crippen MR) is 90.0 cm³/mol. The standard InChI is InChI=1S/C18H18N4O/c1-21-12-16(15-10-20-22-8-7-19-11-17(15)22)14(9-18(21)23)13-5-3-2-4-6-13/h2-6,9-10,12,19H,7-8,11H2,1H3. The van der Waals surface area contributed by atoms with Crippen LogP contribution in [0, 0.1) is 0 Å². The highest BCUT2D eigenvalue weighted by Crippen LogP contribution is 2.33. The zero-order chi connectivity index (χ0) is 15.8. The molecule has 0 radical (unpaired) electrons. The second kappa shape index (κ2) is 5.52. The summed E-state index contributed by atoms with van der Waals surface area (Å²) in [6.45, 7) is 2.61. The molecule has 0 saturated carbocycles. The second-order valence-electron chi connectivity index (χ2n) is 5.82. The van der Waals surface area contributed by atoms with Gasteiger partial charge in [-0.05, 0) is 11.1 Å². The molecule has 0 unspecified atom stereocenters. The van der Waals surface area contributed by atoms with Crippen molar-refractivity contribution >= 4 is 0 Å². The number of aryl methyl sites for hydroxylation is 1. The van der Waals surface area contributed by atoms with Crippen LogP contribution in [0.1, 0.15) is 5.69 Å². The van der Waals surface area contributed by atoms with Crippen molar-refractivity contribution in [1.29, 1.82) is 0 Å². The Morgan fingerprint density at radius 1 is 1.13 bits per heavy atom. The minimum atomic E-state index is -0.00763. The second-order valence-corrected chi connectivity index (χ2v) is 5.82. The number of nitrogens with zero attached hydrogens (tertiary/aromatic N) is 3. The van der Waals surface area contributed by atoms with Crippen LogP contribution in [0.3, 0.4) is 0 Å². The van der Waals surface area contributed by atoms with Gasteiger partial charge in [-0.1, -0.05) is 30.3 Å². The molecule has 1 N–H and O–H groups in total. The fraction of sp³-hybridized carbons (Fsp3) is 0.222. The molecule has 4 rings (SSSR count). The van der Waals surface area contributed by atoms with Crippen molar-refractivity contribution in [2.75, 3.05) is 6.54 Å². The van der Waals surface area contributed by atoms with Crippen LogP contribution in [0.2, 0.25) is 0 Å². The van der Waals surface area contributed by atoms with E-state index >= 15 is 0 Å². The molecule has 0 amide bonds. The number of benzene rings is 1. The van der Waals surface area contributed by atoms with Crippen LogP contribution in [-0.4, -0.2) is 20.9 Å². The lowest BCUT2D eigenvalue weighted by molar-refractivity contribution is 0.476. The highest BCUT2D eigenvalue weighted by molar-refractivity contribution is 5.83. The quantitative estimate of drug-likeness (QED) is 0.788. The maximum atomic E-state index is 12.2. The third-order valence-electron chi connectivity index (χ3n) is 4.34. The van der Waals surface area contributed by atoms with Crippen molar-refractivity contribution in [2.45, 2.75) is 13.1 Å². The SMILES string of the molecule is Cn1cc(-c2cnn3c2CNCC3)c(-c2ccccc2)cc1=O. The molecule has 2 aromatic heterocycles. The van der Waals surface area contributed by atoms with Crippen LogP contribution in [-0.2, 0) is 20.1 Å². The molecule has 3 heterocycles. The van der Waals surface area contributed by atoms with Crippen molar-refractivity contribution in [3.8, 4) is 22.3 Å². The molecule has 1 aromatic carbocycles. The van der Waals surface area contributed by atoms with Gasteiger partial charge in [-0.3, -0.25) is 9.48 Å². The molecule has 0 bridgehead atoms. The number of hydrogen-bond acceptors (Lipinski definition) is 3. The van der Waals surface area contributed by atoms with E-state index in [-0.39, 0.29) is 5.56 Å². The van der Waals surface area contributed by atoms with Crippen molar-refractivity contribution in [3.05, 3.63) is 64.8 Å². The highest BCUT2D eigenvalue weighted by atomic mass is 16.1. The molecule has 23 heavy (non-hydrogen) atoms. The Morgan fingerprint density at radius 2 is 1.96 bits per heavy atom. The molecule has 0 atom stereocenters. The molecule has 0 spiro atoms. The van der Waals surface area contributed by atoms with Crippen molar-refractivity contribution < 1.29 is 0 Å². The molecule has 5 heteroatoms. The summed E-state index contributed by atoms with van der Waals surface area (Å²) in [4.78, 5) is 12.2. The summed E-state index contributed by atoms with van der Waals surface area (Å²) in [5, 5.41) is 7.90. The fourth-order valence-electron chi connectivity index (χ4n) is 3.11. The maximum absolute atomic E-state index is 12.2. The molecule has 1 aliphatic rings. The lowest BCUT2D eigenvalue weighted by Crippen LogP contribution is -2.28. The summed E-state index contributed by atoms with van der Waals surface area (Å²) in [6.07, 6.45) is 3.83. The monoisotopic (exact) mass is 306 g/mol.